The van der Waals surface area contributed by atoms with Crippen molar-refractivity contribution in [2.24, 2.45) is 5.92 Å². The number of likely N-dealkylation sites (tertiary alicyclic amines) is 1. The van der Waals surface area contributed by atoms with Crippen LogP contribution in [0.15, 0.2) is 0 Å². The molecule has 3 nitrogen and oxygen atoms in total. The highest BCUT2D eigenvalue weighted by Crippen LogP contribution is 2.18. The van der Waals surface area contributed by atoms with E-state index in [4.69, 9.17) is 0 Å². The van der Waals surface area contributed by atoms with Crippen LogP contribution < -0.4 is 10.6 Å². The van der Waals surface area contributed by atoms with Gasteiger partial charge in [-0.15, -0.1) is 0 Å². The van der Waals surface area contributed by atoms with Crippen LogP contribution in [0.4, 0.5) is 0 Å². The predicted octanol–water partition coefficient (Wildman–Crippen LogP) is 1.31. The molecular weight excluding hydrogens is 198 g/mol. The average Bonchev–Trinajstić information content (AvgIpc) is 2.73. The molecule has 1 aliphatic rings. The van der Waals surface area contributed by atoms with E-state index in [0.29, 0.717) is 0 Å². The molecule has 0 spiro atoms. The van der Waals surface area contributed by atoms with Crippen LogP contribution in [0.5, 0.6) is 0 Å². The van der Waals surface area contributed by atoms with Crippen LogP contribution in [0.3, 0.4) is 0 Å². The summed E-state index contributed by atoms with van der Waals surface area (Å²) in [5, 5.41) is 6.89. The SMILES string of the molecule is CCCNCCC1CCN(CCNCC)C1. The maximum absolute atomic E-state index is 3.50. The van der Waals surface area contributed by atoms with Crippen LogP contribution in [-0.4, -0.2) is 50.7 Å². The van der Waals surface area contributed by atoms with Crippen LogP contribution in [0.2, 0.25) is 0 Å². The van der Waals surface area contributed by atoms with Crippen molar-refractivity contribution in [3.05, 3.63) is 0 Å². The fraction of sp³-hybridized carbons (Fsp3) is 1.00. The quantitative estimate of drug-likeness (QED) is 0.582. The maximum Gasteiger partial charge on any atom is 0.0107 e. The lowest BCUT2D eigenvalue weighted by atomic mass is 10.1. The first-order valence-electron chi connectivity index (χ1n) is 7.00. The molecule has 0 aromatic carbocycles. The maximum atomic E-state index is 3.50. The summed E-state index contributed by atoms with van der Waals surface area (Å²) in [6.45, 7) is 12.9. The zero-order valence-corrected chi connectivity index (χ0v) is 11.1. The van der Waals surface area contributed by atoms with Crippen molar-refractivity contribution in [1.29, 1.82) is 0 Å². The van der Waals surface area contributed by atoms with Crippen molar-refractivity contribution in [2.45, 2.75) is 33.1 Å². The number of nitrogens with zero attached hydrogens (tertiary/aromatic N) is 1. The van der Waals surface area contributed by atoms with E-state index in [9.17, 15) is 0 Å². The van der Waals surface area contributed by atoms with Gasteiger partial charge in [0.1, 0.15) is 0 Å². The lowest BCUT2D eigenvalue weighted by Crippen LogP contribution is -2.30. The largest absolute Gasteiger partial charge is 0.317 e. The van der Waals surface area contributed by atoms with Crippen LogP contribution in [0, 0.1) is 5.92 Å². The second-order valence-corrected chi connectivity index (χ2v) is 4.85. The molecule has 1 heterocycles. The molecule has 2 N–H and O–H groups in total. The Labute approximate surface area is 101 Å². The third-order valence-electron chi connectivity index (χ3n) is 3.38. The molecule has 1 aliphatic heterocycles. The highest BCUT2D eigenvalue weighted by Gasteiger charge is 2.20. The Hall–Kier alpha value is -0.120. The molecule has 1 atom stereocenters. The van der Waals surface area contributed by atoms with Gasteiger partial charge in [0.05, 0.1) is 0 Å². The number of rotatable bonds is 9. The third-order valence-corrected chi connectivity index (χ3v) is 3.38. The van der Waals surface area contributed by atoms with Gasteiger partial charge in [-0.1, -0.05) is 13.8 Å². The van der Waals surface area contributed by atoms with Crippen molar-refractivity contribution < 1.29 is 0 Å². The molecule has 0 radical (unpaired) electrons. The summed E-state index contributed by atoms with van der Waals surface area (Å²) >= 11 is 0. The highest BCUT2D eigenvalue weighted by molar-refractivity contribution is 4.76. The smallest absolute Gasteiger partial charge is 0.0107 e. The Bertz CT molecular complexity index is 161. The van der Waals surface area contributed by atoms with E-state index in [2.05, 4.69) is 29.4 Å². The molecule has 0 aromatic heterocycles. The minimum absolute atomic E-state index is 0.936. The zero-order valence-electron chi connectivity index (χ0n) is 11.1. The summed E-state index contributed by atoms with van der Waals surface area (Å²) in [5.74, 6) is 0.936. The van der Waals surface area contributed by atoms with Crippen LogP contribution in [0.25, 0.3) is 0 Å². The van der Waals surface area contributed by atoms with E-state index >= 15 is 0 Å². The van der Waals surface area contributed by atoms with Gasteiger partial charge in [0.25, 0.3) is 0 Å². The molecule has 16 heavy (non-hydrogen) atoms. The van der Waals surface area contributed by atoms with E-state index in [1.807, 2.05) is 0 Å². The van der Waals surface area contributed by atoms with Crippen molar-refractivity contribution in [3.8, 4) is 0 Å². The average molecular weight is 227 g/mol. The highest BCUT2D eigenvalue weighted by atomic mass is 15.2. The summed E-state index contributed by atoms with van der Waals surface area (Å²) in [6.07, 6.45) is 4.01. The Morgan fingerprint density at radius 3 is 2.75 bits per heavy atom. The first-order valence-corrected chi connectivity index (χ1v) is 7.00. The fourth-order valence-electron chi connectivity index (χ4n) is 2.37. The van der Waals surface area contributed by atoms with Gasteiger partial charge in [0.2, 0.25) is 0 Å². The molecule has 0 amide bonds. The van der Waals surface area contributed by atoms with Crippen LogP contribution in [0.1, 0.15) is 33.1 Å². The summed E-state index contributed by atoms with van der Waals surface area (Å²) in [7, 11) is 0. The normalized spacial score (nSPS) is 21.8. The first-order chi connectivity index (χ1) is 7.86. The lowest BCUT2D eigenvalue weighted by Gasteiger charge is -2.16. The Morgan fingerprint density at radius 2 is 2.00 bits per heavy atom. The molecule has 0 aromatic rings. The topological polar surface area (TPSA) is 27.3 Å². The molecule has 0 saturated carbocycles. The van der Waals surface area contributed by atoms with Gasteiger partial charge < -0.3 is 15.5 Å². The molecule has 1 saturated heterocycles. The third kappa shape index (κ3) is 5.83. The van der Waals surface area contributed by atoms with Crippen molar-refractivity contribution in [3.63, 3.8) is 0 Å². The van der Waals surface area contributed by atoms with Crippen LogP contribution in [-0.2, 0) is 0 Å². The standard InChI is InChI=1S/C13H29N3/c1-3-7-15-8-5-13-6-10-16(12-13)11-9-14-4-2/h13-15H,3-12H2,1-2H3. The van der Waals surface area contributed by atoms with E-state index in [1.165, 1.54) is 52.0 Å². The summed E-state index contributed by atoms with van der Waals surface area (Å²) in [5.41, 5.74) is 0. The number of hydrogen-bond donors (Lipinski definition) is 2. The van der Waals surface area contributed by atoms with Gasteiger partial charge in [-0.25, -0.2) is 0 Å². The van der Waals surface area contributed by atoms with Crippen molar-refractivity contribution in [1.82, 2.24) is 15.5 Å². The molecular formula is C13H29N3. The van der Waals surface area contributed by atoms with Gasteiger partial charge in [0.15, 0.2) is 0 Å². The van der Waals surface area contributed by atoms with Crippen molar-refractivity contribution >= 4 is 0 Å². The Kier molecular flexibility index (Phi) is 7.81. The summed E-state index contributed by atoms with van der Waals surface area (Å²) in [4.78, 5) is 2.60. The predicted molar refractivity (Wildman–Crippen MR) is 70.9 cm³/mol. The molecule has 3 heteroatoms. The fourth-order valence-corrected chi connectivity index (χ4v) is 2.37. The van der Waals surface area contributed by atoms with E-state index in [-0.39, 0.29) is 0 Å². The zero-order chi connectivity index (χ0) is 11.6. The Balaban J connectivity index is 1.97. The first kappa shape index (κ1) is 13.9. The van der Waals surface area contributed by atoms with E-state index in [1.54, 1.807) is 0 Å². The number of likely N-dealkylation sites (N-methyl/N-ethyl adjacent to an activating group) is 1. The summed E-state index contributed by atoms with van der Waals surface area (Å²) in [6, 6.07) is 0. The molecule has 0 aliphatic carbocycles. The lowest BCUT2D eigenvalue weighted by molar-refractivity contribution is 0.319. The monoisotopic (exact) mass is 227 g/mol. The minimum atomic E-state index is 0.936. The van der Waals surface area contributed by atoms with Gasteiger partial charge in [-0.2, -0.15) is 0 Å². The van der Waals surface area contributed by atoms with Gasteiger partial charge in [-0.05, 0) is 51.4 Å². The van der Waals surface area contributed by atoms with Crippen LogP contribution >= 0.6 is 0 Å². The second kappa shape index (κ2) is 8.97. The molecule has 1 fully saturated rings. The minimum Gasteiger partial charge on any atom is -0.317 e. The molecule has 1 rings (SSSR count). The molecule has 1 unspecified atom stereocenters. The second-order valence-electron chi connectivity index (χ2n) is 4.85. The number of nitrogens with one attached hydrogen (secondary N) is 2. The van der Waals surface area contributed by atoms with E-state index in [0.717, 1.165) is 19.0 Å². The van der Waals surface area contributed by atoms with Gasteiger partial charge >= 0.3 is 0 Å². The number of hydrogen-bond acceptors (Lipinski definition) is 3. The van der Waals surface area contributed by atoms with E-state index < -0.39 is 0 Å². The van der Waals surface area contributed by atoms with Gasteiger partial charge in [0, 0.05) is 19.6 Å². The van der Waals surface area contributed by atoms with Crippen molar-refractivity contribution in [2.75, 3.05) is 45.8 Å². The Morgan fingerprint density at radius 1 is 1.12 bits per heavy atom. The summed E-state index contributed by atoms with van der Waals surface area (Å²) < 4.78 is 0. The van der Waals surface area contributed by atoms with Gasteiger partial charge in [-0.3, -0.25) is 0 Å². The molecule has 0 bridgehead atoms. The molecule has 96 valence electrons.